The van der Waals surface area contributed by atoms with Crippen LogP contribution in [0.15, 0.2) is 12.1 Å². The molecule has 3 nitrogen and oxygen atoms in total. The molecule has 0 aromatic heterocycles. The van der Waals surface area contributed by atoms with Gasteiger partial charge in [-0.2, -0.15) is 0 Å². The summed E-state index contributed by atoms with van der Waals surface area (Å²) in [5, 5.41) is 0.687. The summed E-state index contributed by atoms with van der Waals surface area (Å²) in [4.78, 5) is 11.5. The highest BCUT2D eigenvalue weighted by atomic mass is 127. The van der Waals surface area contributed by atoms with Crippen LogP contribution in [0.25, 0.3) is 0 Å². The molecule has 1 aliphatic heterocycles. The maximum atomic E-state index is 11.5. The first kappa shape index (κ1) is 12.0. The Kier molecular flexibility index (Phi) is 3.59. The maximum absolute atomic E-state index is 11.5. The smallest absolute Gasteiger partial charge is 0.347 e. The van der Waals surface area contributed by atoms with E-state index in [1.807, 2.05) is 12.1 Å². The fourth-order valence-electron chi connectivity index (χ4n) is 1.60. The molecular formula is C11H10ClIO3. The lowest BCUT2D eigenvalue weighted by Crippen LogP contribution is -2.27. The van der Waals surface area contributed by atoms with Crippen LogP contribution in [-0.4, -0.2) is 18.7 Å². The van der Waals surface area contributed by atoms with Crippen molar-refractivity contribution < 1.29 is 14.3 Å². The van der Waals surface area contributed by atoms with Crippen LogP contribution in [0.1, 0.15) is 12.5 Å². The van der Waals surface area contributed by atoms with Gasteiger partial charge in [-0.15, -0.1) is 0 Å². The van der Waals surface area contributed by atoms with E-state index in [-0.39, 0.29) is 5.97 Å². The third kappa shape index (κ3) is 2.27. The molecule has 1 aromatic rings. The average Bonchev–Trinajstić information content (AvgIpc) is 2.62. The summed E-state index contributed by atoms with van der Waals surface area (Å²) in [6.45, 7) is 2.15. The van der Waals surface area contributed by atoms with Crippen LogP contribution >= 0.6 is 34.2 Å². The lowest BCUT2D eigenvalue weighted by molar-refractivity contribution is -0.150. The normalized spacial score (nSPS) is 17.8. The molecule has 1 unspecified atom stereocenters. The lowest BCUT2D eigenvalue weighted by Gasteiger charge is -2.08. The van der Waals surface area contributed by atoms with Gasteiger partial charge in [0.05, 0.1) is 11.6 Å². The molecular weight excluding hydrogens is 342 g/mol. The number of benzene rings is 1. The van der Waals surface area contributed by atoms with Gasteiger partial charge < -0.3 is 9.47 Å². The highest BCUT2D eigenvalue weighted by Crippen LogP contribution is 2.34. The van der Waals surface area contributed by atoms with Crippen molar-refractivity contribution >= 4 is 40.2 Å². The molecule has 0 fully saturated rings. The van der Waals surface area contributed by atoms with Crippen LogP contribution < -0.4 is 4.74 Å². The van der Waals surface area contributed by atoms with Gasteiger partial charge in [-0.05, 0) is 41.6 Å². The zero-order valence-corrected chi connectivity index (χ0v) is 11.5. The molecule has 5 heteroatoms. The van der Waals surface area contributed by atoms with Crippen molar-refractivity contribution in [3.63, 3.8) is 0 Å². The van der Waals surface area contributed by atoms with E-state index in [9.17, 15) is 4.79 Å². The minimum Gasteiger partial charge on any atom is -0.478 e. The molecule has 1 aliphatic rings. The van der Waals surface area contributed by atoms with Gasteiger partial charge in [0.15, 0.2) is 6.10 Å². The van der Waals surface area contributed by atoms with E-state index in [2.05, 4.69) is 22.6 Å². The summed E-state index contributed by atoms with van der Waals surface area (Å²) in [5.74, 6) is 0.414. The van der Waals surface area contributed by atoms with E-state index in [1.165, 1.54) is 0 Å². The first-order valence-corrected chi connectivity index (χ1v) is 6.38. The standard InChI is InChI=1S/C11H10ClIO3/c1-2-15-11(14)10-4-6-3-7(12)8(13)5-9(6)16-10/h3,5,10H,2,4H2,1H3. The number of halogens is 2. The van der Waals surface area contributed by atoms with Gasteiger partial charge in [0.25, 0.3) is 0 Å². The van der Waals surface area contributed by atoms with Gasteiger partial charge in [0, 0.05) is 15.6 Å². The van der Waals surface area contributed by atoms with Crippen molar-refractivity contribution in [1.29, 1.82) is 0 Å². The molecule has 0 N–H and O–H groups in total. The second-order valence-electron chi connectivity index (χ2n) is 3.44. The molecule has 0 bridgehead atoms. The highest BCUT2D eigenvalue weighted by Gasteiger charge is 2.30. The van der Waals surface area contributed by atoms with Crippen molar-refractivity contribution in [2.45, 2.75) is 19.4 Å². The van der Waals surface area contributed by atoms with Gasteiger partial charge in [-0.1, -0.05) is 11.6 Å². The topological polar surface area (TPSA) is 35.5 Å². The second kappa shape index (κ2) is 4.79. The Hall–Kier alpha value is -0.490. The fourth-order valence-corrected chi connectivity index (χ4v) is 2.23. The zero-order chi connectivity index (χ0) is 11.7. The summed E-state index contributed by atoms with van der Waals surface area (Å²) in [6, 6.07) is 3.69. The van der Waals surface area contributed by atoms with Crippen LogP contribution in [0.4, 0.5) is 0 Å². The molecule has 0 amide bonds. The van der Waals surface area contributed by atoms with Gasteiger partial charge in [0.2, 0.25) is 0 Å². The molecule has 16 heavy (non-hydrogen) atoms. The molecule has 0 aliphatic carbocycles. The Labute approximate surface area is 112 Å². The molecule has 0 radical (unpaired) electrons. The molecule has 1 aromatic carbocycles. The summed E-state index contributed by atoms with van der Waals surface area (Å²) in [6.07, 6.45) is 0.00867. The van der Waals surface area contributed by atoms with E-state index >= 15 is 0 Å². The van der Waals surface area contributed by atoms with Crippen LogP contribution in [-0.2, 0) is 16.0 Å². The summed E-state index contributed by atoms with van der Waals surface area (Å²) < 4.78 is 11.4. The number of carbonyl (C=O) groups is 1. The Morgan fingerprint density at radius 3 is 3.12 bits per heavy atom. The Morgan fingerprint density at radius 2 is 2.44 bits per heavy atom. The number of ether oxygens (including phenoxy) is 2. The minimum atomic E-state index is -0.524. The summed E-state index contributed by atoms with van der Waals surface area (Å²) >= 11 is 8.13. The third-order valence-electron chi connectivity index (χ3n) is 2.33. The van der Waals surface area contributed by atoms with E-state index < -0.39 is 6.10 Å². The molecule has 0 spiro atoms. The second-order valence-corrected chi connectivity index (χ2v) is 5.01. The van der Waals surface area contributed by atoms with E-state index in [4.69, 9.17) is 21.1 Å². The number of hydrogen-bond acceptors (Lipinski definition) is 3. The van der Waals surface area contributed by atoms with Crippen molar-refractivity contribution in [1.82, 2.24) is 0 Å². The summed E-state index contributed by atoms with van der Waals surface area (Å²) in [7, 11) is 0. The lowest BCUT2D eigenvalue weighted by atomic mass is 10.1. The largest absolute Gasteiger partial charge is 0.478 e. The Morgan fingerprint density at radius 1 is 1.69 bits per heavy atom. The monoisotopic (exact) mass is 352 g/mol. The Balaban J connectivity index is 2.18. The SMILES string of the molecule is CCOC(=O)C1Cc2cc(Cl)c(I)cc2O1. The number of esters is 1. The molecule has 2 rings (SSSR count). The minimum absolute atomic E-state index is 0.315. The number of rotatable bonds is 2. The molecule has 86 valence electrons. The average molecular weight is 353 g/mol. The first-order chi connectivity index (χ1) is 7.61. The van der Waals surface area contributed by atoms with Crippen molar-refractivity contribution in [3.8, 4) is 5.75 Å². The third-order valence-corrected chi connectivity index (χ3v) is 3.85. The number of fused-ring (bicyclic) bond motifs is 1. The summed E-state index contributed by atoms with van der Waals surface area (Å²) in [5.41, 5.74) is 0.962. The number of carbonyl (C=O) groups excluding carboxylic acids is 1. The molecule has 1 atom stereocenters. The first-order valence-electron chi connectivity index (χ1n) is 4.93. The maximum Gasteiger partial charge on any atom is 0.347 e. The quantitative estimate of drug-likeness (QED) is 0.606. The van der Waals surface area contributed by atoms with Gasteiger partial charge in [-0.25, -0.2) is 4.79 Å². The van der Waals surface area contributed by atoms with E-state index in [1.54, 1.807) is 6.92 Å². The highest BCUT2D eigenvalue weighted by molar-refractivity contribution is 14.1. The van der Waals surface area contributed by atoms with E-state index in [0.29, 0.717) is 18.1 Å². The van der Waals surface area contributed by atoms with Crippen molar-refractivity contribution in [2.75, 3.05) is 6.61 Å². The predicted molar refractivity (Wildman–Crippen MR) is 68.9 cm³/mol. The Bertz CT molecular complexity index is 402. The fraction of sp³-hybridized carbons (Fsp3) is 0.364. The van der Waals surface area contributed by atoms with Crippen LogP contribution in [0.3, 0.4) is 0 Å². The van der Waals surface area contributed by atoms with Crippen LogP contribution in [0.5, 0.6) is 5.75 Å². The molecule has 0 saturated carbocycles. The van der Waals surface area contributed by atoms with Gasteiger partial charge in [-0.3, -0.25) is 0 Å². The van der Waals surface area contributed by atoms with Crippen molar-refractivity contribution in [2.24, 2.45) is 0 Å². The number of hydrogen-bond donors (Lipinski definition) is 0. The van der Waals surface area contributed by atoms with Crippen LogP contribution in [0, 0.1) is 3.57 Å². The van der Waals surface area contributed by atoms with Crippen LogP contribution in [0.2, 0.25) is 5.02 Å². The molecule has 0 saturated heterocycles. The predicted octanol–water partition coefficient (Wildman–Crippen LogP) is 2.81. The van der Waals surface area contributed by atoms with Gasteiger partial charge in [0.1, 0.15) is 5.75 Å². The zero-order valence-electron chi connectivity index (χ0n) is 8.63. The molecule has 1 heterocycles. The van der Waals surface area contributed by atoms with Gasteiger partial charge >= 0.3 is 5.97 Å². The van der Waals surface area contributed by atoms with E-state index in [0.717, 1.165) is 14.9 Å². The van der Waals surface area contributed by atoms with Crippen molar-refractivity contribution in [3.05, 3.63) is 26.3 Å².